The van der Waals surface area contributed by atoms with Crippen LogP contribution < -0.4 is 15.0 Å². The monoisotopic (exact) mass is 403 g/mol. The Balaban J connectivity index is 2.03. The van der Waals surface area contributed by atoms with E-state index in [9.17, 15) is 13.2 Å². The van der Waals surface area contributed by atoms with Gasteiger partial charge in [-0.15, -0.1) is 0 Å². The number of carbonyl (C=O) groups is 1. The Morgan fingerprint density at radius 3 is 2.61 bits per heavy atom. The largest absolute Gasteiger partial charge is 0.493 e. The van der Waals surface area contributed by atoms with Gasteiger partial charge in [0.15, 0.2) is 17.1 Å². The summed E-state index contributed by atoms with van der Waals surface area (Å²) in [5.41, 5.74) is 2.29. The Labute approximate surface area is 160 Å². The molecular formula is C18H17N3O6S. The summed E-state index contributed by atoms with van der Waals surface area (Å²) in [6.07, 6.45) is 5.39. The van der Waals surface area contributed by atoms with Crippen LogP contribution in [-0.2, 0) is 14.8 Å². The van der Waals surface area contributed by atoms with Gasteiger partial charge in [0.25, 0.3) is 15.9 Å². The molecule has 10 heteroatoms. The lowest BCUT2D eigenvalue weighted by Gasteiger charge is -2.11. The van der Waals surface area contributed by atoms with Crippen LogP contribution in [0.1, 0.15) is 5.56 Å². The minimum absolute atomic E-state index is 0.0213. The van der Waals surface area contributed by atoms with Crippen molar-refractivity contribution in [1.82, 2.24) is 14.4 Å². The van der Waals surface area contributed by atoms with Gasteiger partial charge in [0.1, 0.15) is 0 Å². The molecule has 2 N–H and O–H groups in total. The van der Waals surface area contributed by atoms with Gasteiger partial charge in [0.05, 0.1) is 19.1 Å². The molecule has 0 atom stereocenters. The van der Waals surface area contributed by atoms with Crippen molar-refractivity contribution in [2.45, 2.75) is 4.90 Å². The Kier molecular flexibility index (Phi) is 5.34. The lowest BCUT2D eigenvalue weighted by Crippen LogP contribution is -2.14. The van der Waals surface area contributed by atoms with Crippen molar-refractivity contribution in [1.29, 1.82) is 0 Å². The smallest absolute Gasteiger partial charge is 0.269 e. The van der Waals surface area contributed by atoms with Crippen LogP contribution in [0.25, 0.3) is 17.1 Å². The van der Waals surface area contributed by atoms with Gasteiger partial charge in [0, 0.05) is 29.9 Å². The molecule has 0 bridgehead atoms. The van der Waals surface area contributed by atoms with Gasteiger partial charge >= 0.3 is 0 Å². The fourth-order valence-electron chi connectivity index (χ4n) is 2.60. The van der Waals surface area contributed by atoms with Crippen molar-refractivity contribution < 1.29 is 27.9 Å². The van der Waals surface area contributed by atoms with Crippen molar-refractivity contribution in [3.05, 3.63) is 54.4 Å². The fourth-order valence-corrected chi connectivity index (χ4v) is 3.93. The zero-order valence-corrected chi connectivity index (χ0v) is 15.8. The van der Waals surface area contributed by atoms with E-state index in [-0.39, 0.29) is 10.5 Å². The van der Waals surface area contributed by atoms with Crippen molar-refractivity contribution >= 4 is 33.0 Å². The number of benzene rings is 1. The molecule has 3 aromatic rings. The van der Waals surface area contributed by atoms with E-state index in [1.807, 2.05) is 0 Å². The molecule has 0 aliphatic heterocycles. The number of hydrogen-bond acceptors (Lipinski definition) is 7. The third kappa shape index (κ3) is 3.55. The van der Waals surface area contributed by atoms with Crippen molar-refractivity contribution in [2.75, 3.05) is 14.2 Å². The molecule has 0 radical (unpaired) electrons. The number of nitrogens with zero attached hydrogens (tertiary/aromatic N) is 2. The summed E-state index contributed by atoms with van der Waals surface area (Å²) in [5, 5.41) is 9.07. The minimum Gasteiger partial charge on any atom is -0.493 e. The number of hydroxylamine groups is 1. The molecule has 1 aromatic carbocycles. The van der Waals surface area contributed by atoms with Crippen molar-refractivity contribution in [2.24, 2.45) is 0 Å². The molecule has 0 spiro atoms. The Morgan fingerprint density at radius 2 is 1.93 bits per heavy atom. The molecule has 9 nitrogen and oxygen atoms in total. The second kappa shape index (κ2) is 7.71. The molecular weight excluding hydrogens is 386 g/mol. The van der Waals surface area contributed by atoms with Crippen LogP contribution in [0.4, 0.5) is 0 Å². The van der Waals surface area contributed by atoms with Gasteiger partial charge in [-0.05, 0) is 35.9 Å². The number of rotatable bonds is 6. The number of pyridine rings is 1. The number of hydrogen-bond donors (Lipinski definition) is 2. The number of ether oxygens (including phenoxy) is 2. The molecule has 2 aromatic heterocycles. The standard InChI is InChI=1S/C18H17N3O6S/c1-26-15-5-4-14(10-16(15)27-2)28(24,25)21-8-7-13-9-12(11-19-18(13)21)3-6-17(22)20-23/h3-11,23H,1-2H3,(H,20,22)/b6-3+. The van der Waals surface area contributed by atoms with E-state index in [1.54, 1.807) is 12.1 Å². The minimum atomic E-state index is -3.92. The second-order valence-electron chi connectivity index (χ2n) is 5.62. The van der Waals surface area contributed by atoms with Gasteiger partial charge < -0.3 is 9.47 Å². The number of nitrogens with one attached hydrogen (secondary N) is 1. The first kappa shape index (κ1) is 19.4. The first-order chi connectivity index (χ1) is 13.4. The van der Waals surface area contributed by atoms with Gasteiger partial charge in [-0.2, -0.15) is 0 Å². The first-order valence-corrected chi connectivity index (χ1v) is 9.41. The molecule has 0 aliphatic rings. The van der Waals surface area contributed by atoms with E-state index in [2.05, 4.69) is 4.98 Å². The topological polar surface area (TPSA) is 120 Å². The van der Waals surface area contributed by atoms with Gasteiger partial charge in [-0.1, -0.05) is 0 Å². The van der Waals surface area contributed by atoms with Gasteiger partial charge in [-0.3, -0.25) is 10.0 Å². The quantitative estimate of drug-likeness (QED) is 0.366. The zero-order valence-electron chi connectivity index (χ0n) is 15.0. The molecule has 3 rings (SSSR count). The lowest BCUT2D eigenvalue weighted by molar-refractivity contribution is -0.124. The van der Waals surface area contributed by atoms with Crippen LogP contribution in [0.5, 0.6) is 11.5 Å². The molecule has 0 fully saturated rings. The maximum absolute atomic E-state index is 13.0. The summed E-state index contributed by atoms with van der Waals surface area (Å²) in [6, 6.07) is 7.59. The molecule has 28 heavy (non-hydrogen) atoms. The van der Waals surface area contributed by atoms with E-state index in [4.69, 9.17) is 14.7 Å². The summed E-state index contributed by atoms with van der Waals surface area (Å²) in [4.78, 5) is 15.3. The summed E-state index contributed by atoms with van der Waals surface area (Å²) in [6.45, 7) is 0. The maximum Gasteiger partial charge on any atom is 0.269 e. The molecule has 0 aliphatic carbocycles. The van der Waals surface area contributed by atoms with E-state index in [0.29, 0.717) is 22.4 Å². The predicted molar refractivity (Wildman–Crippen MR) is 101 cm³/mol. The Morgan fingerprint density at radius 1 is 1.18 bits per heavy atom. The van der Waals surface area contributed by atoms with Gasteiger partial charge in [0.2, 0.25) is 0 Å². The number of carbonyl (C=O) groups excluding carboxylic acids is 1. The van der Waals surface area contributed by atoms with Crippen LogP contribution in [0.3, 0.4) is 0 Å². The molecule has 2 heterocycles. The van der Waals surface area contributed by atoms with Crippen LogP contribution in [-0.4, -0.2) is 42.7 Å². The zero-order chi connectivity index (χ0) is 20.3. The molecule has 0 unspecified atom stereocenters. The van der Waals surface area contributed by atoms with Crippen molar-refractivity contribution in [3.63, 3.8) is 0 Å². The van der Waals surface area contributed by atoms with E-state index in [1.165, 1.54) is 56.4 Å². The highest BCUT2D eigenvalue weighted by Gasteiger charge is 2.21. The summed E-state index contributed by atoms with van der Waals surface area (Å²) >= 11 is 0. The highest BCUT2D eigenvalue weighted by molar-refractivity contribution is 7.90. The Bertz CT molecular complexity index is 1170. The molecule has 0 saturated heterocycles. The number of methoxy groups -OCH3 is 2. The lowest BCUT2D eigenvalue weighted by atomic mass is 10.2. The van der Waals surface area contributed by atoms with Crippen molar-refractivity contribution in [3.8, 4) is 11.5 Å². The summed E-state index contributed by atoms with van der Waals surface area (Å²) in [7, 11) is -1.03. The highest BCUT2D eigenvalue weighted by atomic mass is 32.2. The SMILES string of the molecule is COc1ccc(S(=O)(=O)n2ccc3cc(/C=C/C(=O)NO)cnc32)cc1OC. The van der Waals surface area contributed by atoms with E-state index >= 15 is 0 Å². The third-order valence-corrected chi connectivity index (χ3v) is 5.63. The fraction of sp³-hybridized carbons (Fsp3) is 0.111. The Hall–Kier alpha value is -3.37. The number of amides is 1. The average molecular weight is 403 g/mol. The van der Waals surface area contributed by atoms with Crippen LogP contribution in [0.15, 0.2) is 53.7 Å². The molecule has 146 valence electrons. The molecule has 0 saturated carbocycles. The summed E-state index contributed by atoms with van der Waals surface area (Å²) in [5.74, 6) is 0.0246. The number of aromatic nitrogens is 2. The first-order valence-electron chi connectivity index (χ1n) is 7.97. The average Bonchev–Trinajstić information content (AvgIpc) is 3.15. The van der Waals surface area contributed by atoms with Crippen LogP contribution in [0, 0.1) is 0 Å². The maximum atomic E-state index is 13.0. The molecule has 1 amide bonds. The van der Waals surface area contributed by atoms with Crippen LogP contribution >= 0.6 is 0 Å². The summed E-state index contributed by atoms with van der Waals surface area (Å²) < 4.78 is 37.5. The van der Waals surface area contributed by atoms with E-state index < -0.39 is 15.9 Å². The normalized spacial score (nSPS) is 11.7. The van der Waals surface area contributed by atoms with E-state index in [0.717, 1.165) is 10.0 Å². The highest BCUT2D eigenvalue weighted by Crippen LogP contribution is 2.31. The van der Waals surface area contributed by atoms with Crippen LogP contribution in [0.2, 0.25) is 0 Å². The number of fused-ring (bicyclic) bond motifs is 1. The second-order valence-corrected chi connectivity index (χ2v) is 7.44. The predicted octanol–water partition coefficient (Wildman–Crippen LogP) is 1.81. The third-order valence-electron chi connectivity index (χ3n) is 3.96. The van der Waals surface area contributed by atoms with Gasteiger partial charge in [-0.25, -0.2) is 22.9 Å².